The van der Waals surface area contributed by atoms with Gasteiger partial charge in [0.25, 0.3) is 0 Å². The van der Waals surface area contributed by atoms with Gasteiger partial charge < -0.3 is 5.32 Å². The van der Waals surface area contributed by atoms with Crippen LogP contribution in [-0.4, -0.2) is 16.8 Å². The van der Waals surface area contributed by atoms with Gasteiger partial charge in [0.1, 0.15) is 0 Å². The van der Waals surface area contributed by atoms with Gasteiger partial charge in [0.05, 0.1) is 6.20 Å². The number of likely N-dealkylation sites (N-methyl/N-ethyl adjacent to an activating group) is 1. The van der Waals surface area contributed by atoms with Crippen LogP contribution in [-0.2, 0) is 13.5 Å². The second kappa shape index (κ2) is 5.36. The first-order chi connectivity index (χ1) is 8.61. The highest BCUT2D eigenvalue weighted by Crippen LogP contribution is 2.24. The summed E-state index contributed by atoms with van der Waals surface area (Å²) < 4.78 is 1.85. The summed E-state index contributed by atoms with van der Waals surface area (Å²) in [6.45, 7) is 4.35. The lowest BCUT2D eigenvalue weighted by Gasteiger charge is -2.20. The minimum Gasteiger partial charge on any atom is -0.313 e. The van der Waals surface area contributed by atoms with E-state index in [4.69, 9.17) is 0 Å². The molecule has 0 amide bonds. The highest BCUT2D eigenvalue weighted by Gasteiger charge is 2.15. The van der Waals surface area contributed by atoms with Crippen molar-refractivity contribution in [3.63, 3.8) is 0 Å². The Morgan fingerprint density at radius 2 is 1.94 bits per heavy atom. The fourth-order valence-electron chi connectivity index (χ4n) is 2.54. The third-order valence-corrected chi connectivity index (χ3v) is 3.44. The first kappa shape index (κ1) is 12.8. The lowest BCUT2D eigenvalue weighted by Crippen LogP contribution is -2.20. The summed E-state index contributed by atoms with van der Waals surface area (Å²) in [7, 11) is 3.98. The fraction of sp³-hybridized carbons (Fsp3) is 0.400. The van der Waals surface area contributed by atoms with Crippen LogP contribution in [0.25, 0.3) is 0 Å². The molecular formula is C15H21N3. The normalized spacial score (nSPS) is 12.7. The molecule has 0 aliphatic heterocycles. The van der Waals surface area contributed by atoms with E-state index in [-0.39, 0.29) is 0 Å². The molecule has 0 aliphatic rings. The van der Waals surface area contributed by atoms with Crippen LogP contribution in [0.15, 0.2) is 30.6 Å². The van der Waals surface area contributed by atoms with Crippen molar-refractivity contribution in [2.45, 2.75) is 26.3 Å². The number of benzene rings is 1. The van der Waals surface area contributed by atoms with Crippen LogP contribution >= 0.6 is 0 Å². The zero-order valence-electron chi connectivity index (χ0n) is 11.6. The Morgan fingerprint density at radius 3 is 2.44 bits per heavy atom. The Morgan fingerprint density at radius 1 is 1.28 bits per heavy atom. The van der Waals surface area contributed by atoms with Gasteiger partial charge >= 0.3 is 0 Å². The number of hydrogen-bond acceptors (Lipinski definition) is 2. The topological polar surface area (TPSA) is 29.9 Å². The molecule has 1 aromatic carbocycles. The van der Waals surface area contributed by atoms with E-state index in [1.165, 1.54) is 22.3 Å². The molecule has 0 aliphatic carbocycles. The Hall–Kier alpha value is -1.61. The van der Waals surface area contributed by atoms with Crippen LogP contribution in [0.1, 0.15) is 28.3 Å². The smallest absolute Gasteiger partial charge is 0.0522 e. The van der Waals surface area contributed by atoms with Crippen LogP contribution in [0.2, 0.25) is 0 Å². The highest BCUT2D eigenvalue weighted by molar-refractivity contribution is 5.37. The Balaban J connectivity index is 2.28. The molecule has 3 nitrogen and oxygen atoms in total. The third kappa shape index (κ3) is 2.62. The number of rotatable bonds is 4. The van der Waals surface area contributed by atoms with Gasteiger partial charge in [0.2, 0.25) is 0 Å². The lowest BCUT2D eigenvalue weighted by molar-refractivity contribution is 0.585. The molecule has 18 heavy (non-hydrogen) atoms. The molecule has 1 aromatic heterocycles. The summed E-state index contributed by atoms with van der Waals surface area (Å²) in [5, 5.41) is 7.65. The molecule has 2 rings (SSSR count). The summed E-state index contributed by atoms with van der Waals surface area (Å²) in [5.41, 5.74) is 5.36. The van der Waals surface area contributed by atoms with Gasteiger partial charge in [-0.1, -0.05) is 18.2 Å². The molecule has 0 fully saturated rings. The summed E-state index contributed by atoms with van der Waals surface area (Å²) in [6.07, 6.45) is 4.99. The van der Waals surface area contributed by atoms with Gasteiger partial charge in [0.15, 0.2) is 0 Å². The van der Waals surface area contributed by atoms with Gasteiger partial charge in [-0.2, -0.15) is 5.10 Å². The monoisotopic (exact) mass is 243 g/mol. The first-order valence-electron chi connectivity index (χ1n) is 6.32. The standard InChI is InChI=1S/C15H21N3/c1-11-6-5-7-12(2)15(11)14(16-3)8-13-9-17-18(4)10-13/h5-7,9-10,14,16H,8H2,1-4H3. The number of hydrogen-bond donors (Lipinski definition) is 1. The molecule has 0 spiro atoms. The Kier molecular flexibility index (Phi) is 3.82. The summed E-state index contributed by atoms with van der Waals surface area (Å²) in [5.74, 6) is 0. The second-order valence-electron chi connectivity index (χ2n) is 4.87. The predicted molar refractivity (Wildman–Crippen MR) is 74.6 cm³/mol. The lowest BCUT2D eigenvalue weighted by atomic mass is 9.93. The zero-order chi connectivity index (χ0) is 13.1. The zero-order valence-corrected chi connectivity index (χ0v) is 11.6. The van der Waals surface area contributed by atoms with E-state index in [0.717, 1.165) is 6.42 Å². The van der Waals surface area contributed by atoms with Crippen LogP contribution in [0.4, 0.5) is 0 Å². The molecule has 0 bridgehead atoms. The molecule has 1 heterocycles. The number of aryl methyl sites for hydroxylation is 3. The molecular weight excluding hydrogens is 222 g/mol. The fourth-order valence-corrected chi connectivity index (χ4v) is 2.54. The van der Waals surface area contributed by atoms with Crippen molar-refractivity contribution in [2.24, 2.45) is 7.05 Å². The average Bonchev–Trinajstić information content (AvgIpc) is 2.73. The molecule has 1 atom stereocenters. The highest BCUT2D eigenvalue weighted by atomic mass is 15.2. The number of aromatic nitrogens is 2. The summed E-state index contributed by atoms with van der Waals surface area (Å²) >= 11 is 0. The van der Waals surface area contributed by atoms with Crippen LogP contribution in [0.5, 0.6) is 0 Å². The van der Waals surface area contributed by atoms with E-state index in [0.29, 0.717) is 6.04 Å². The SMILES string of the molecule is CNC(Cc1cnn(C)c1)c1c(C)cccc1C. The van der Waals surface area contributed by atoms with Gasteiger partial charge in [-0.05, 0) is 49.6 Å². The predicted octanol–water partition coefficient (Wildman–Crippen LogP) is 2.54. The van der Waals surface area contributed by atoms with Crippen molar-refractivity contribution in [3.8, 4) is 0 Å². The molecule has 0 saturated carbocycles. The minimum absolute atomic E-state index is 0.343. The quantitative estimate of drug-likeness (QED) is 0.894. The van der Waals surface area contributed by atoms with E-state index >= 15 is 0 Å². The van der Waals surface area contributed by atoms with E-state index < -0.39 is 0 Å². The Labute approximate surface area is 109 Å². The molecule has 0 radical (unpaired) electrons. The van der Waals surface area contributed by atoms with Crippen LogP contribution in [0, 0.1) is 13.8 Å². The van der Waals surface area contributed by atoms with Crippen molar-refractivity contribution in [2.75, 3.05) is 7.05 Å². The van der Waals surface area contributed by atoms with E-state index in [1.54, 1.807) is 0 Å². The second-order valence-corrected chi connectivity index (χ2v) is 4.87. The van der Waals surface area contributed by atoms with Crippen LogP contribution in [0.3, 0.4) is 0 Å². The third-order valence-electron chi connectivity index (χ3n) is 3.44. The maximum Gasteiger partial charge on any atom is 0.0522 e. The van der Waals surface area contributed by atoms with Crippen LogP contribution < -0.4 is 5.32 Å². The van der Waals surface area contributed by atoms with Crippen molar-refractivity contribution < 1.29 is 0 Å². The first-order valence-corrected chi connectivity index (χ1v) is 6.32. The molecule has 2 aromatic rings. The van der Waals surface area contributed by atoms with E-state index in [9.17, 15) is 0 Å². The molecule has 1 N–H and O–H groups in total. The maximum atomic E-state index is 4.23. The molecule has 96 valence electrons. The summed E-state index contributed by atoms with van der Waals surface area (Å²) in [4.78, 5) is 0. The molecule has 1 unspecified atom stereocenters. The van der Waals surface area contributed by atoms with E-state index in [1.807, 2.05) is 25.0 Å². The van der Waals surface area contributed by atoms with Crippen molar-refractivity contribution >= 4 is 0 Å². The van der Waals surface area contributed by atoms with Crippen molar-refractivity contribution in [1.29, 1.82) is 0 Å². The molecule has 0 saturated heterocycles. The maximum absolute atomic E-state index is 4.23. The van der Waals surface area contributed by atoms with Gasteiger partial charge in [-0.15, -0.1) is 0 Å². The Bertz CT molecular complexity index is 508. The van der Waals surface area contributed by atoms with Crippen molar-refractivity contribution in [3.05, 3.63) is 52.8 Å². The van der Waals surface area contributed by atoms with Gasteiger partial charge in [0, 0.05) is 19.3 Å². The van der Waals surface area contributed by atoms with Crippen molar-refractivity contribution in [1.82, 2.24) is 15.1 Å². The van der Waals surface area contributed by atoms with Gasteiger partial charge in [-0.25, -0.2) is 0 Å². The summed E-state index contributed by atoms with van der Waals surface area (Å²) in [6, 6.07) is 6.81. The average molecular weight is 243 g/mol. The van der Waals surface area contributed by atoms with E-state index in [2.05, 4.69) is 48.7 Å². The largest absolute Gasteiger partial charge is 0.313 e. The number of nitrogens with zero attached hydrogens (tertiary/aromatic N) is 2. The molecule has 3 heteroatoms. The number of nitrogens with one attached hydrogen (secondary N) is 1. The minimum atomic E-state index is 0.343. The van der Waals surface area contributed by atoms with Gasteiger partial charge in [-0.3, -0.25) is 4.68 Å².